The average Bonchev–Trinajstić information content (AvgIpc) is 2.48. The maximum Gasteiger partial charge on any atom is 0.128 e. The van der Waals surface area contributed by atoms with E-state index in [0.717, 1.165) is 24.5 Å². The van der Waals surface area contributed by atoms with Crippen molar-refractivity contribution in [1.82, 2.24) is 5.32 Å². The topological polar surface area (TPSA) is 30.5 Å². The van der Waals surface area contributed by atoms with E-state index in [4.69, 9.17) is 9.47 Å². The Morgan fingerprint density at radius 3 is 2.76 bits per heavy atom. The van der Waals surface area contributed by atoms with Gasteiger partial charge in [-0.1, -0.05) is 19.4 Å². The van der Waals surface area contributed by atoms with E-state index < -0.39 is 0 Å². The summed E-state index contributed by atoms with van der Waals surface area (Å²) in [6, 6.07) is 6.57. The fraction of sp³-hybridized carbons (Fsp3) is 0.667. The minimum absolute atomic E-state index is 0.0446. The maximum absolute atomic E-state index is 6.50. The summed E-state index contributed by atoms with van der Waals surface area (Å²) in [4.78, 5) is 0. The Bertz CT molecular complexity index is 480. The molecule has 0 aromatic heterocycles. The van der Waals surface area contributed by atoms with Crippen molar-refractivity contribution >= 4 is 0 Å². The van der Waals surface area contributed by atoms with Crippen LogP contribution in [0.25, 0.3) is 0 Å². The first-order chi connectivity index (χ1) is 10.3. The van der Waals surface area contributed by atoms with Gasteiger partial charge >= 0.3 is 0 Å². The second-order valence-corrected chi connectivity index (χ2v) is 6.26. The summed E-state index contributed by atoms with van der Waals surface area (Å²) >= 11 is 0. The molecule has 0 bridgehead atoms. The first-order valence-electron chi connectivity index (χ1n) is 8.46. The lowest BCUT2D eigenvalue weighted by Gasteiger charge is -2.45. The van der Waals surface area contributed by atoms with Crippen LogP contribution in [-0.4, -0.2) is 18.8 Å². The predicted octanol–water partition coefficient (Wildman–Crippen LogP) is 4.22. The molecule has 3 rings (SSSR count). The highest BCUT2D eigenvalue weighted by Gasteiger charge is 2.42. The summed E-state index contributed by atoms with van der Waals surface area (Å²) in [6.45, 7) is 5.88. The van der Waals surface area contributed by atoms with Crippen LogP contribution in [0.2, 0.25) is 0 Å². The molecule has 1 unspecified atom stereocenters. The van der Waals surface area contributed by atoms with Crippen molar-refractivity contribution in [3.05, 3.63) is 23.8 Å². The lowest BCUT2D eigenvalue weighted by atomic mass is 9.77. The number of ether oxygens (including phenoxy) is 2. The summed E-state index contributed by atoms with van der Waals surface area (Å²) in [5.41, 5.74) is 1.26. The van der Waals surface area contributed by atoms with E-state index in [9.17, 15) is 0 Å². The Hall–Kier alpha value is -1.22. The third-order valence-electron chi connectivity index (χ3n) is 4.79. The standard InChI is InChI=1S/C18H27NO2/c1-3-19-14-13-18(11-6-5-7-12-18)21-16-10-8-9-15(17(14)16)20-4-2/h8-10,14,19H,3-7,11-13H2,1-2H3. The molecular formula is C18H27NO2. The van der Waals surface area contributed by atoms with Crippen LogP contribution in [0.1, 0.15) is 64.0 Å². The number of hydrogen-bond acceptors (Lipinski definition) is 3. The molecular weight excluding hydrogens is 262 g/mol. The fourth-order valence-corrected chi connectivity index (χ4v) is 3.91. The molecule has 1 aromatic carbocycles. The van der Waals surface area contributed by atoms with Gasteiger partial charge in [0.25, 0.3) is 0 Å². The van der Waals surface area contributed by atoms with Crippen molar-refractivity contribution in [3.8, 4) is 11.5 Å². The molecule has 1 aliphatic heterocycles. The van der Waals surface area contributed by atoms with Gasteiger partial charge in [0.1, 0.15) is 17.1 Å². The van der Waals surface area contributed by atoms with Crippen LogP contribution in [0, 0.1) is 0 Å². The van der Waals surface area contributed by atoms with Crippen LogP contribution in [0.3, 0.4) is 0 Å². The Kier molecular flexibility index (Phi) is 4.39. The molecule has 1 spiro atoms. The summed E-state index contributed by atoms with van der Waals surface area (Å²) in [7, 11) is 0. The van der Waals surface area contributed by atoms with Crippen LogP contribution in [0.15, 0.2) is 18.2 Å². The molecule has 3 nitrogen and oxygen atoms in total. The molecule has 1 aliphatic carbocycles. The second kappa shape index (κ2) is 6.27. The lowest BCUT2D eigenvalue weighted by Crippen LogP contribution is -2.45. The summed E-state index contributed by atoms with van der Waals surface area (Å²) in [5.74, 6) is 2.01. The Morgan fingerprint density at radius 1 is 1.24 bits per heavy atom. The van der Waals surface area contributed by atoms with Gasteiger partial charge < -0.3 is 14.8 Å². The molecule has 2 aliphatic rings. The van der Waals surface area contributed by atoms with Crippen molar-refractivity contribution in [2.24, 2.45) is 0 Å². The highest BCUT2D eigenvalue weighted by molar-refractivity contribution is 5.49. The maximum atomic E-state index is 6.50. The molecule has 1 atom stereocenters. The summed E-state index contributed by atoms with van der Waals surface area (Å²) < 4.78 is 12.3. The third-order valence-corrected chi connectivity index (χ3v) is 4.79. The molecule has 3 heteroatoms. The van der Waals surface area contributed by atoms with Gasteiger partial charge in [-0.25, -0.2) is 0 Å². The van der Waals surface area contributed by atoms with Crippen LogP contribution in [0.5, 0.6) is 11.5 Å². The number of fused-ring (bicyclic) bond motifs is 1. The number of benzene rings is 1. The van der Waals surface area contributed by atoms with Gasteiger partial charge in [0.2, 0.25) is 0 Å². The van der Waals surface area contributed by atoms with E-state index in [1.165, 1.54) is 37.7 Å². The van der Waals surface area contributed by atoms with Gasteiger partial charge in [0, 0.05) is 12.5 Å². The molecule has 0 radical (unpaired) electrons. The lowest BCUT2D eigenvalue weighted by molar-refractivity contribution is -0.00326. The van der Waals surface area contributed by atoms with Crippen LogP contribution in [0.4, 0.5) is 0 Å². The van der Waals surface area contributed by atoms with Crippen molar-refractivity contribution in [2.75, 3.05) is 13.2 Å². The minimum Gasteiger partial charge on any atom is -0.493 e. The molecule has 116 valence electrons. The quantitative estimate of drug-likeness (QED) is 0.900. The smallest absolute Gasteiger partial charge is 0.128 e. The number of nitrogens with one attached hydrogen (secondary N) is 1. The Morgan fingerprint density at radius 2 is 2.05 bits per heavy atom. The molecule has 0 amide bonds. The number of rotatable bonds is 4. The van der Waals surface area contributed by atoms with Crippen molar-refractivity contribution in [1.29, 1.82) is 0 Å². The fourth-order valence-electron chi connectivity index (χ4n) is 3.91. The van der Waals surface area contributed by atoms with Gasteiger partial charge in [-0.05, 0) is 51.3 Å². The van der Waals surface area contributed by atoms with Crippen molar-refractivity contribution in [3.63, 3.8) is 0 Å². The molecule has 1 fully saturated rings. The Labute approximate surface area is 128 Å². The van der Waals surface area contributed by atoms with Crippen LogP contribution < -0.4 is 14.8 Å². The van der Waals surface area contributed by atoms with Crippen molar-refractivity contribution in [2.45, 2.75) is 64.0 Å². The van der Waals surface area contributed by atoms with E-state index in [-0.39, 0.29) is 5.60 Å². The van der Waals surface area contributed by atoms with Gasteiger partial charge in [-0.15, -0.1) is 0 Å². The molecule has 1 saturated carbocycles. The predicted molar refractivity (Wildman–Crippen MR) is 85.1 cm³/mol. The molecule has 1 N–H and O–H groups in total. The van der Waals surface area contributed by atoms with Gasteiger partial charge in [0.05, 0.1) is 12.2 Å². The number of hydrogen-bond donors (Lipinski definition) is 1. The average molecular weight is 289 g/mol. The van der Waals surface area contributed by atoms with Crippen LogP contribution >= 0.6 is 0 Å². The van der Waals surface area contributed by atoms with Gasteiger partial charge in [0.15, 0.2) is 0 Å². The largest absolute Gasteiger partial charge is 0.493 e. The first-order valence-corrected chi connectivity index (χ1v) is 8.46. The highest BCUT2D eigenvalue weighted by atomic mass is 16.5. The van der Waals surface area contributed by atoms with E-state index >= 15 is 0 Å². The molecule has 1 heterocycles. The molecule has 0 saturated heterocycles. The third kappa shape index (κ3) is 2.89. The van der Waals surface area contributed by atoms with Gasteiger partial charge in [-0.3, -0.25) is 0 Å². The Balaban J connectivity index is 1.96. The first kappa shape index (κ1) is 14.7. The highest BCUT2D eigenvalue weighted by Crippen LogP contribution is 2.48. The van der Waals surface area contributed by atoms with E-state index in [1.54, 1.807) is 0 Å². The summed E-state index contributed by atoms with van der Waals surface area (Å²) in [6.07, 6.45) is 7.37. The second-order valence-electron chi connectivity index (χ2n) is 6.26. The normalized spacial score (nSPS) is 23.4. The molecule has 21 heavy (non-hydrogen) atoms. The SMILES string of the molecule is CCNC1CC2(CCCCC2)Oc2cccc(OCC)c21. The van der Waals surface area contributed by atoms with Crippen molar-refractivity contribution < 1.29 is 9.47 Å². The van der Waals surface area contributed by atoms with Crippen LogP contribution in [-0.2, 0) is 0 Å². The minimum atomic E-state index is 0.0446. The zero-order valence-corrected chi connectivity index (χ0v) is 13.3. The zero-order valence-electron chi connectivity index (χ0n) is 13.3. The monoisotopic (exact) mass is 289 g/mol. The molecule has 1 aromatic rings. The zero-order chi connectivity index (χ0) is 14.7. The van der Waals surface area contributed by atoms with Gasteiger partial charge in [-0.2, -0.15) is 0 Å². The van der Waals surface area contributed by atoms with E-state index in [0.29, 0.717) is 12.6 Å². The summed E-state index contributed by atoms with van der Waals surface area (Å²) in [5, 5.41) is 3.65. The van der Waals surface area contributed by atoms with E-state index in [2.05, 4.69) is 30.4 Å². The van der Waals surface area contributed by atoms with E-state index in [1.807, 2.05) is 6.92 Å².